The number of carbonyl (C=O) groups excluding carboxylic acids is 1. The largest absolute Gasteiger partial charge is 0.443 e. The first-order valence-corrected chi connectivity index (χ1v) is 7.22. The number of hydrogen-bond donors (Lipinski definition) is 0. The first kappa shape index (κ1) is 14.2. The second-order valence-electron chi connectivity index (χ2n) is 6.67. The molecule has 0 N–H and O–H groups in total. The van der Waals surface area contributed by atoms with Crippen molar-refractivity contribution in [1.29, 1.82) is 0 Å². The summed E-state index contributed by atoms with van der Waals surface area (Å²) in [5, 5.41) is 0. The molecule has 2 rings (SSSR count). The van der Waals surface area contributed by atoms with Gasteiger partial charge in [-0.15, -0.1) is 0 Å². The minimum absolute atomic E-state index is 0.218. The van der Waals surface area contributed by atoms with Gasteiger partial charge in [-0.2, -0.15) is 0 Å². The SMILES string of the molecule is C=C1CCC2=CN(C(=O)OC(C)(C)C)CCCC2C1. The molecule has 0 aromatic rings. The van der Waals surface area contributed by atoms with Crippen LogP contribution in [0.2, 0.25) is 0 Å². The highest BCUT2D eigenvalue weighted by molar-refractivity contribution is 5.69. The van der Waals surface area contributed by atoms with Crippen molar-refractivity contribution in [2.24, 2.45) is 5.92 Å². The fourth-order valence-corrected chi connectivity index (χ4v) is 2.80. The number of amides is 1. The van der Waals surface area contributed by atoms with Gasteiger partial charge in [0, 0.05) is 12.7 Å². The van der Waals surface area contributed by atoms with E-state index in [4.69, 9.17) is 4.74 Å². The van der Waals surface area contributed by atoms with Gasteiger partial charge >= 0.3 is 6.09 Å². The van der Waals surface area contributed by atoms with Crippen molar-refractivity contribution < 1.29 is 9.53 Å². The number of hydrogen-bond acceptors (Lipinski definition) is 2. The van der Waals surface area contributed by atoms with Crippen LogP contribution in [0.25, 0.3) is 0 Å². The topological polar surface area (TPSA) is 29.5 Å². The van der Waals surface area contributed by atoms with Crippen molar-refractivity contribution in [2.45, 2.75) is 58.5 Å². The highest BCUT2D eigenvalue weighted by atomic mass is 16.6. The van der Waals surface area contributed by atoms with E-state index in [0.29, 0.717) is 5.92 Å². The first-order chi connectivity index (χ1) is 8.85. The Morgan fingerprint density at radius 2 is 2.16 bits per heavy atom. The van der Waals surface area contributed by atoms with E-state index in [1.54, 1.807) is 4.90 Å². The van der Waals surface area contributed by atoms with Crippen molar-refractivity contribution in [1.82, 2.24) is 4.90 Å². The molecular weight excluding hydrogens is 238 g/mol. The number of carbonyl (C=O) groups is 1. The molecule has 0 saturated heterocycles. The van der Waals surface area contributed by atoms with Gasteiger partial charge < -0.3 is 4.74 Å². The molecule has 1 heterocycles. The van der Waals surface area contributed by atoms with Gasteiger partial charge in [-0.1, -0.05) is 17.7 Å². The highest BCUT2D eigenvalue weighted by Gasteiger charge is 2.27. The number of fused-ring (bicyclic) bond motifs is 1. The molecule has 0 aromatic heterocycles. The molecule has 1 fully saturated rings. The van der Waals surface area contributed by atoms with Crippen LogP contribution in [0.3, 0.4) is 0 Å². The molecule has 3 nitrogen and oxygen atoms in total. The third-order valence-corrected chi connectivity index (χ3v) is 3.73. The van der Waals surface area contributed by atoms with E-state index < -0.39 is 5.60 Å². The first-order valence-electron chi connectivity index (χ1n) is 7.22. The summed E-state index contributed by atoms with van der Waals surface area (Å²) in [6.07, 6.45) is 7.21. The molecule has 0 aromatic carbocycles. The maximum atomic E-state index is 12.1. The van der Waals surface area contributed by atoms with Crippen LogP contribution in [0, 0.1) is 5.92 Å². The predicted molar refractivity (Wildman–Crippen MR) is 76.7 cm³/mol. The Labute approximate surface area is 116 Å². The lowest BCUT2D eigenvalue weighted by atomic mass is 9.80. The van der Waals surface area contributed by atoms with Gasteiger partial charge in [0.05, 0.1) is 0 Å². The molecule has 106 valence electrons. The summed E-state index contributed by atoms with van der Waals surface area (Å²) in [5.74, 6) is 0.591. The summed E-state index contributed by atoms with van der Waals surface area (Å²) in [5.41, 5.74) is 2.32. The lowest BCUT2D eigenvalue weighted by Crippen LogP contribution is -2.34. The summed E-state index contributed by atoms with van der Waals surface area (Å²) in [6.45, 7) is 10.6. The fourth-order valence-electron chi connectivity index (χ4n) is 2.80. The van der Waals surface area contributed by atoms with Crippen molar-refractivity contribution in [2.75, 3.05) is 6.54 Å². The van der Waals surface area contributed by atoms with E-state index in [2.05, 4.69) is 6.58 Å². The zero-order valence-corrected chi connectivity index (χ0v) is 12.4. The molecular formula is C16H25NO2. The van der Waals surface area contributed by atoms with Gasteiger partial charge in [-0.25, -0.2) is 4.79 Å². The van der Waals surface area contributed by atoms with Crippen LogP contribution in [0.1, 0.15) is 52.9 Å². The van der Waals surface area contributed by atoms with Crippen LogP contribution in [0.15, 0.2) is 23.9 Å². The fraction of sp³-hybridized carbons (Fsp3) is 0.688. The molecule has 0 spiro atoms. The second-order valence-corrected chi connectivity index (χ2v) is 6.67. The van der Waals surface area contributed by atoms with E-state index in [1.165, 1.54) is 11.1 Å². The maximum absolute atomic E-state index is 12.1. The van der Waals surface area contributed by atoms with Crippen LogP contribution in [0.5, 0.6) is 0 Å². The minimum Gasteiger partial charge on any atom is -0.443 e. The summed E-state index contributed by atoms with van der Waals surface area (Å²) >= 11 is 0. The Hall–Kier alpha value is -1.25. The number of allylic oxidation sites excluding steroid dienone is 2. The van der Waals surface area contributed by atoms with Crippen LogP contribution in [-0.2, 0) is 4.74 Å². The van der Waals surface area contributed by atoms with Crippen molar-refractivity contribution >= 4 is 6.09 Å². The minimum atomic E-state index is -0.428. The smallest absolute Gasteiger partial charge is 0.414 e. The van der Waals surface area contributed by atoms with Gasteiger partial charge in [0.25, 0.3) is 0 Å². The summed E-state index contributed by atoms with van der Waals surface area (Å²) in [4.78, 5) is 13.9. The molecule has 19 heavy (non-hydrogen) atoms. The number of ether oxygens (including phenoxy) is 1. The van der Waals surface area contributed by atoms with E-state index in [9.17, 15) is 4.79 Å². The number of rotatable bonds is 0. The summed E-state index contributed by atoms with van der Waals surface area (Å²) in [6, 6.07) is 0. The Bertz CT molecular complexity index is 403. The molecule has 1 amide bonds. The second kappa shape index (κ2) is 5.40. The van der Waals surface area contributed by atoms with Gasteiger partial charge in [0.15, 0.2) is 0 Å². The highest BCUT2D eigenvalue weighted by Crippen LogP contribution is 2.37. The van der Waals surface area contributed by atoms with Crippen molar-refractivity contribution in [3.8, 4) is 0 Å². The van der Waals surface area contributed by atoms with E-state index in [0.717, 1.165) is 38.6 Å². The molecule has 1 atom stereocenters. The number of nitrogens with zero attached hydrogens (tertiary/aromatic N) is 1. The molecule has 0 bridgehead atoms. The Morgan fingerprint density at radius 3 is 2.84 bits per heavy atom. The predicted octanol–water partition coefficient (Wildman–Crippen LogP) is 4.26. The normalized spacial score (nSPS) is 24.4. The monoisotopic (exact) mass is 263 g/mol. The molecule has 1 aliphatic heterocycles. The van der Waals surface area contributed by atoms with Gasteiger partial charge in [-0.05, 0) is 58.8 Å². The zero-order chi connectivity index (χ0) is 14.0. The Balaban J connectivity index is 2.08. The lowest BCUT2D eigenvalue weighted by Gasteiger charge is -2.27. The van der Waals surface area contributed by atoms with Crippen molar-refractivity contribution in [3.63, 3.8) is 0 Å². The lowest BCUT2D eigenvalue weighted by molar-refractivity contribution is 0.0335. The molecule has 1 aliphatic carbocycles. The molecule has 2 aliphatic rings. The third-order valence-electron chi connectivity index (χ3n) is 3.73. The van der Waals surface area contributed by atoms with E-state index in [-0.39, 0.29) is 6.09 Å². The molecule has 3 heteroatoms. The van der Waals surface area contributed by atoms with Crippen LogP contribution in [0.4, 0.5) is 4.79 Å². The quantitative estimate of drug-likeness (QED) is 0.611. The van der Waals surface area contributed by atoms with Crippen LogP contribution >= 0.6 is 0 Å². The molecule has 0 radical (unpaired) electrons. The van der Waals surface area contributed by atoms with Crippen LogP contribution in [-0.4, -0.2) is 23.1 Å². The van der Waals surface area contributed by atoms with Crippen molar-refractivity contribution in [3.05, 3.63) is 23.9 Å². The molecule has 1 unspecified atom stereocenters. The Morgan fingerprint density at radius 1 is 1.42 bits per heavy atom. The third kappa shape index (κ3) is 3.85. The standard InChI is InChI=1S/C16H25NO2/c1-12-7-8-14-11-17(9-5-6-13(14)10-12)15(18)19-16(2,3)4/h11,13H,1,5-10H2,2-4H3. The van der Waals surface area contributed by atoms with Gasteiger partial charge in [0.1, 0.15) is 5.60 Å². The maximum Gasteiger partial charge on any atom is 0.414 e. The van der Waals surface area contributed by atoms with E-state index >= 15 is 0 Å². The molecule has 1 saturated carbocycles. The average Bonchev–Trinajstić information content (AvgIpc) is 2.48. The van der Waals surface area contributed by atoms with Crippen LogP contribution < -0.4 is 0 Å². The average molecular weight is 263 g/mol. The Kier molecular flexibility index (Phi) is 4.02. The zero-order valence-electron chi connectivity index (χ0n) is 12.4. The van der Waals surface area contributed by atoms with Gasteiger partial charge in [-0.3, -0.25) is 4.90 Å². The van der Waals surface area contributed by atoms with E-state index in [1.807, 2.05) is 27.0 Å². The summed E-state index contributed by atoms with van der Waals surface area (Å²) < 4.78 is 5.46. The summed E-state index contributed by atoms with van der Waals surface area (Å²) in [7, 11) is 0. The van der Waals surface area contributed by atoms with Gasteiger partial charge in [0.2, 0.25) is 0 Å².